The Hall–Kier alpha value is -2.89. The highest BCUT2D eigenvalue weighted by Crippen LogP contribution is 2.33. The van der Waals surface area contributed by atoms with Crippen molar-refractivity contribution >= 4 is 22.8 Å². The van der Waals surface area contributed by atoms with Gasteiger partial charge in [-0.3, -0.25) is 4.79 Å². The standard InChI is InChI=1S/C20H23N5O/c1-14-23-16-6-3-4-7-18(16)25(14)13-20(26)24-11-5-8-17(24)15-9-10-22-19(12-15)21-2/h3-4,6-7,9-10,12,17H,5,8,11,13H2,1-2H3,(H,21,22). The molecule has 1 aliphatic heterocycles. The molecule has 3 aromatic rings. The van der Waals surface area contributed by atoms with Crippen LogP contribution >= 0.6 is 0 Å². The van der Waals surface area contributed by atoms with E-state index in [-0.39, 0.29) is 11.9 Å². The van der Waals surface area contributed by atoms with E-state index in [0.29, 0.717) is 6.54 Å². The van der Waals surface area contributed by atoms with Crippen molar-refractivity contribution in [2.24, 2.45) is 0 Å². The maximum atomic E-state index is 13.1. The van der Waals surface area contributed by atoms with Crippen LogP contribution in [0.2, 0.25) is 0 Å². The number of rotatable bonds is 4. The minimum absolute atomic E-state index is 0.118. The topological polar surface area (TPSA) is 63.1 Å². The monoisotopic (exact) mass is 349 g/mol. The Bertz CT molecular complexity index is 948. The molecule has 0 saturated carbocycles. The van der Waals surface area contributed by atoms with Crippen LogP contribution in [0.15, 0.2) is 42.6 Å². The first kappa shape index (κ1) is 16.6. The zero-order valence-electron chi connectivity index (χ0n) is 15.1. The number of para-hydroxylation sites is 2. The van der Waals surface area contributed by atoms with E-state index in [1.54, 1.807) is 6.20 Å². The lowest BCUT2D eigenvalue weighted by molar-refractivity contribution is -0.132. The van der Waals surface area contributed by atoms with E-state index in [2.05, 4.69) is 15.3 Å². The maximum Gasteiger partial charge on any atom is 0.243 e. The van der Waals surface area contributed by atoms with Gasteiger partial charge in [-0.15, -0.1) is 0 Å². The zero-order valence-corrected chi connectivity index (χ0v) is 15.1. The fourth-order valence-electron chi connectivity index (χ4n) is 3.82. The molecule has 1 aliphatic rings. The molecule has 1 saturated heterocycles. The van der Waals surface area contributed by atoms with Crippen LogP contribution in [0.1, 0.15) is 30.3 Å². The van der Waals surface area contributed by atoms with Crippen LogP contribution in [0.3, 0.4) is 0 Å². The summed E-state index contributed by atoms with van der Waals surface area (Å²) in [5, 5.41) is 3.07. The Kier molecular flexibility index (Phi) is 4.32. The summed E-state index contributed by atoms with van der Waals surface area (Å²) in [6.45, 7) is 3.08. The van der Waals surface area contributed by atoms with Crippen molar-refractivity contribution in [3.05, 3.63) is 54.0 Å². The molecule has 1 fully saturated rings. The summed E-state index contributed by atoms with van der Waals surface area (Å²) in [6.07, 6.45) is 3.81. The van der Waals surface area contributed by atoms with E-state index >= 15 is 0 Å². The van der Waals surface area contributed by atoms with Gasteiger partial charge < -0.3 is 14.8 Å². The summed E-state index contributed by atoms with van der Waals surface area (Å²) < 4.78 is 2.01. The SMILES string of the molecule is CNc1cc(C2CCCN2C(=O)Cn2c(C)nc3ccccc32)ccn1. The maximum absolute atomic E-state index is 13.1. The summed E-state index contributed by atoms with van der Waals surface area (Å²) in [4.78, 5) is 23.9. The molecule has 2 aromatic heterocycles. The van der Waals surface area contributed by atoms with Crippen LogP contribution in [0, 0.1) is 6.92 Å². The Labute approximate surface area is 152 Å². The Morgan fingerprint density at radius 2 is 2.15 bits per heavy atom. The normalized spacial score (nSPS) is 17.0. The largest absolute Gasteiger partial charge is 0.373 e. The Morgan fingerprint density at radius 1 is 1.31 bits per heavy atom. The molecule has 1 amide bonds. The van der Waals surface area contributed by atoms with Crippen molar-refractivity contribution in [1.82, 2.24) is 19.4 Å². The highest BCUT2D eigenvalue weighted by Gasteiger charge is 2.30. The third-order valence-corrected chi connectivity index (χ3v) is 5.14. The number of anilines is 1. The first-order valence-electron chi connectivity index (χ1n) is 9.02. The molecule has 6 heteroatoms. The van der Waals surface area contributed by atoms with E-state index in [0.717, 1.165) is 47.6 Å². The number of benzene rings is 1. The minimum atomic E-state index is 0.118. The molecule has 4 rings (SSSR count). The molecule has 0 aliphatic carbocycles. The number of nitrogens with one attached hydrogen (secondary N) is 1. The van der Waals surface area contributed by atoms with Gasteiger partial charge in [-0.05, 0) is 49.6 Å². The number of nitrogens with zero attached hydrogens (tertiary/aromatic N) is 4. The number of likely N-dealkylation sites (tertiary alicyclic amines) is 1. The van der Waals surface area contributed by atoms with Gasteiger partial charge in [0.05, 0.1) is 17.1 Å². The van der Waals surface area contributed by atoms with E-state index in [9.17, 15) is 4.79 Å². The van der Waals surface area contributed by atoms with Gasteiger partial charge in [0.15, 0.2) is 0 Å². The first-order valence-corrected chi connectivity index (χ1v) is 9.02. The molecular formula is C20H23N5O. The van der Waals surface area contributed by atoms with E-state index in [1.807, 2.05) is 59.8 Å². The number of hydrogen-bond acceptors (Lipinski definition) is 4. The van der Waals surface area contributed by atoms with E-state index in [1.165, 1.54) is 0 Å². The molecule has 0 bridgehead atoms. The number of imidazole rings is 1. The van der Waals surface area contributed by atoms with Gasteiger partial charge >= 0.3 is 0 Å². The lowest BCUT2D eigenvalue weighted by Crippen LogP contribution is -2.33. The van der Waals surface area contributed by atoms with Crippen molar-refractivity contribution < 1.29 is 4.79 Å². The van der Waals surface area contributed by atoms with E-state index in [4.69, 9.17) is 0 Å². The molecule has 6 nitrogen and oxygen atoms in total. The Balaban J connectivity index is 1.59. The van der Waals surface area contributed by atoms with Gasteiger partial charge in [-0.25, -0.2) is 9.97 Å². The molecule has 0 radical (unpaired) electrons. The number of aromatic nitrogens is 3. The fourth-order valence-corrected chi connectivity index (χ4v) is 3.82. The van der Waals surface area contributed by atoms with Gasteiger partial charge in [0.1, 0.15) is 18.2 Å². The number of carbonyl (C=O) groups excluding carboxylic acids is 1. The average molecular weight is 349 g/mol. The zero-order chi connectivity index (χ0) is 18.1. The summed E-state index contributed by atoms with van der Waals surface area (Å²) in [6, 6.07) is 12.1. The van der Waals surface area contributed by atoms with Crippen LogP contribution in [-0.2, 0) is 11.3 Å². The highest BCUT2D eigenvalue weighted by molar-refractivity contribution is 5.81. The van der Waals surface area contributed by atoms with Crippen molar-refractivity contribution in [3.63, 3.8) is 0 Å². The molecule has 1 aromatic carbocycles. The summed E-state index contributed by atoms with van der Waals surface area (Å²) >= 11 is 0. The lowest BCUT2D eigenvalue weighted by atomic mass is 10.1. The summed E-state index contributed by atoms with van der Waals surface area (Å²) in [5.41, 5.74) is 3.08. The molecule has 1 unspecified atom stereocenters. The average Bonchev–Trinajstić information content (AvgIpc) is 3.27. The smallest absolute Gasteiger partial charge is 0.243 e. The Morgan fingerprint density at radius 3 is 3.00 bits per heavy atom. The van der Waals surface area contributed by atoms with Crippen LogP contribution < -0.4 is 5.32 Å². The number of amides is 1. The number of carbonyl (C=O) groups is 1. The molecule has 0 spiro atoms. The van der Waals surface area contributed by atoms with E-state index < -0.39 is 0 Å². The van der Waals surface area contributed by atoms with Crippen molar-refractivity contribution in [2.75, 3.05) is 18.9 Å². The van der Waals surface area contributed by atoms with Gasteiger partial charge in [-0.1, -0.05) is 12.1 Å². The fraction of sp³-hybridized carbons (Fsp3) is 0.350. The second-order valence-electron chi connectivity index (χ2n) is 6.70. The quantitative estimate of drug-likeness (QED) is 0.786. The minimum Gasteiger partial charge on any atom is -0.373 e. The lowest BCUT2D eigenvalue weighted by Gasteiger charge is -2.26. The second kappa shape index (κ2) is 6.78. The number of pyridine rings is 1. The second-order valence-corrected chi connectivity index (χ2v) is 6.70. The molecule has 3 heterocycles. The van der Waals surface area contributed by atoms with Crippen LogP contribution in [0.25, 0.3) is 11.0 Å². The van der Waals surface area contributed by atoms with Gasteiger partial charge in [0.2, 0.25) is 5.91 Å². The number of hydrogen-bond donors (Lipinski definition) is 1. The third kappa shape index (κ3) is 2.92. The van der Waals surface area contributed by atoms with Crippen molar-refractivity contribution in [1.29, 1.82) is 0 Å². The van der Waals surface area contributed by atoms with Crippen LogP contribution in [-0.4, -0.2) is 38.9 Å². The first-order chi connectivity index (χ1) is 12.7. The summed E-state index contributed by atoms with van der Waals surface area (Å²) in [5.74, 6) is 1.84. The third-order valence-electron chi connectivity index (χ3n) is 5.14. The van der Waals surface area contributed by atoms with Crippen LogP contribution in [0.4, 0.5) is 5.82 Å². The highest BCUT2D eigenvalue weighted by atomic mass is 16.2. The van der Waals surface area contributed by atoms with Crippen LogP contribution in [0.5, 0.6) is 0 Å². The molecule has 1 atom stereocenters. The number of fused-ring (bicyclic) bond motifs is 1. The predicted octanol–water partition coefficient (Wildman–Crippen LogP) is 3.15. The molecule has 134 valence electrons. The predicted molar refractivity (Wildman–Crippen MR) is 102 cm³/mol. The molecule has 26 heavy (non-hydrogen) atoms. The van der Waals surface area contributed by atoms with Gasteiger partial charge in [0, 0.05) is 19.8 Å². The number of aryl methyl sites for hydroxylation is 1. The van der Waals surface area contributed by atoms with Crippen molar-refractivity contribution in [3.8, 4) is 0 Å². The molecule has 1 N–H and O–H groups in total. The van der Waals surface area contributed by atoms with Gasteiger partial charge in [0.25, 0.3) is 0 Å². The van der Waals surface area contributed by atoms with Crippen molar-refractivity contribution in [2.45, 2.75) is 32.4 Å². The summed E-state index contributed by atoms with van der Waals surface area (Å²) in [7, 11) is 1.86. The van der Waals surface area contributed by atoms with Gasteiger partial charge in [-0.2, -0.15) is 0 Å². The molecular weight excluding hydrogens is 326 g/mol.